The summed E-state index contributed by atoms with van der Waals surface area (Å²) in [6.45, 7) is 5.31. The van der Waals surface area contributed by atoms with Crippen molar-refractivity contribution in [2.45, 2.75) is 38.8 Å². The molecule has 5 nitrogen and oxygen atoms in total. The molecular weight excluding hydrogens is 220 g/mol. The van der Waals surface area contributed by atoms with Crippen LogP contribution >= 0.6 is 0 Å². The van der Waals surface area contributed by atoms with Crippen LogP contribution in [0.1, 0.15) is 26.7 Å². The van der Waals surface area contributed by atoms with Gasteiger partial charge in [0.05, 0.1) is 31.3 Å². The minimum Gasteiger partial charge on any atom is -0.394 e. The molecule has 3 unspecified atom stereocenters. The fourth-order valence-corrected chi connectivity index (χ4v) is 2.16. The molecule has 0 spiro atoms. The second-order valence-electron chi connectivity index (χ2n) is 4.70. The SMILES string of the molecule is CCCC(CN)C(=O)N1CC(CO)OCC1C. The number of aliphatic hydroxyl groups excluding tert-OH is 1. The van der Waals surface area contributed by atoms with Crippen LogP contribution in [0, 0.1) is 5.92 Å². The molecule has 0 saturated carbocycles. The monoisotopic (exact) mass is 244 g/mol. The predicted molar refractivity (Wildman–Crippen MR) is 65.5 cm³/mol. The molecule has 1 amide bonds. The van der Waals surface area contributed by atoms with Gasteiger partial charge < -0.3 is 20.5 Å². The molecule has 0 aromatic carbocycles. The highest BCUT2D eigenvalue weighted by Gasteiger charge is 2.32. The number of morpholine rings is 1. The number of nitrogens with zero attached hydrogens (tertiary/aromatic N) is 1. The molecule has 0 aliphatic carbocycles. The molecule has 3 atom stereocenters. The zero-order valence-electron chi connectivity index (χ0n) is 10.8. The highest BCUT2D eigenvalue weighted by molar-refractivity contribution is 5.79. The van der Waals surface area contributed by atoms with E-state index in [-0.39, 0.29) is 30.6 Å². The fourth-order valence-electron chi connectivity index (χ4n) is 2.16. The van der Waals surface area contributed by atoms with Gasteiger partial charge in [0, 0.05) is 13.1 Å². The van der Waals surface area contributed by atoms with Crippen LogP contribution in [-0.4, -0.2) is 54.4 Å². The lowest BCUT2D eigenvalue weighted by molar-refractivity contribution is -0.150. The molecule has 0 aromatic rings. The molecule has 0 bridgehead atoms. The third-order valence-electron chi connectivity index (χ3n) is 3.26. The van der Waals surface area contributed by atoms with E-state index in [1.54, 1.807) is 4.90 Å². The molecule has 1 aliphatic heterocycles. The van der Waals surface area contributed by atoms with Crippen LogP contribution in [0.5, 0.6) is 0 Å². The molecule has 1 heterocycles. The van der Waals surface area contributed by atoms with Crippen molar-refractivity contribution >= 4 is 5.91 Å². The molecular formula is C12H24N2O3. The zero-order chi connectivity index (χ0) is 12.8. The van der Waals surface area contributed by atoms with E-state index < -0.39 is 0 Å². The van der Waals surface area contributed by atoms with Gasteiger partial charge in [0.15, 0.2) is 0 Å². The number of rotatable bonds is 5. The second-order valence-corrected chi connectivity index (χ2v) is 4.70. The molecule has 1 saturated heterocycles. The van der Waals surface area contributed by atoms with Crippen molar-refractivity contribution < 1.29 is 14.6 Å². The minimum absolute atomic E-state index is 0.0441. The topological polar surface area (TPSA) is 75.8 Å². The van der Waals surface area contributed by atoms with Crippen LogP contribution in [-0.2, 0) is 9.53 Å². The molecule has 0 aromatic heterocycles. The summed E-state index contributed by atoms with van der Waals surface area (Å²) in [5.41, 5.74) is 5.65. The Labute approximate surface area is 103 Å². The molecule has 3 N–H and O–H groups in total. The number of nitrogens with two attached hydrogens (primary N) is 1. The molecule has 1 fully saturated rings. The number of carbonyl (C=O) groups excluding carboxylic acids is 1. The molecule has 1 aliphatic rings. The van der Waals surface area contributed by atoms with Gasteiger partial charge in [-0.15, -0.1) is 0 Å². The molecule has 17 heavy (non-hydrogen) atoms. The quantitative estimate of drug-likeness (QED) is 0.712. The Morgan fingerprint density at radius 3 is 2.88 bits per heavy atom. The van der Waals surface area contributed by atoms with E-state index in [0.29, 0.717) is 19.7 Å². The summed E-state index contributed by atoms with van der Waals surface area (Å²) in [5, 5.41) is 9.09. The van der Waals surface area contributed by atoms with Gasteiger partial charge in [-0.25, -0.2) is 0 Å². The summed E-state index contributed by atoms with van der Waals surface area (Å²) in [7, 11) is 0. The Bertz CT molecular complexity index is 248. The van der Waals surface area contributed by atoms with Crippen molar-refractivity contribution in [1.29, 1.82) is 0 Å². The number of carbonyl (C=O) groups is 1. The maximum absolute atomic E-state index is 12.3. The Morgan fingerprint density at radius 2 is 2.35 bits per heavy atom. The average Bonchev–Trinajstić information content (AvgIpc) is 2.35. The van der Waals surface area contributed by atoms with Crippen molar-refractivity contribution in [3.05, 3.63) is 0 Å². The summed E-state index contributed by atoms with van der Waals surface area (Å²) in [6.07, 6.45) is 1.52. The lowest BCUT2D eigenvalue weighted by Crippen LogP contribution is -2.54. The number of aliphatic hydroxyl groups is 1. The summed E-state index contributed by atoms with van der Waals surface area (Å²) >= 11 is 0. The maximum Gasteiger partial charge on any atom is 0.227 e. The van der Waals surface area contributed by atoms with E-state index in [1.165, 1.54) is 0 Å². The van der Waals surface area contributed by atoms with E-state index in [0.717, 1.165) is 12.8 Å². The van der Waals surface area contributed by atoms with Crippen LogP contribution in [0.25, 0.3) is 0 Å². The largest absolute Gasteiger partial charge is 0.394 e. The fraction of sp³-hybridized carbons (Fsp3) is 0.917. The standard InChI is InChI=1S/C12H24N2O3/c1-3-4-10(5-13)12(16)14-6-11(7-15)17-8-9(14)2/h9-11,15H,3-8,13H2,1-2H3. The maximum atomic E-state index is 12.3. The van der Waals surface area contributed by atoms with Crippen molar-refractivity contribution in [2.24, 2.45) is 11.7 Å². The van der Waals surface area contributed by atoms with Crippen LogP contribution in [0.3, 0.4) is 0 Å². The highest BCUT2D eigenvalue weighted by atomic mass is 16.5. The van der Waals surface area contributed by atoms with Crippen molar-refractivity contribution in [1.82, 2.24) is 4.90 Å². The van der Waals surface area contributed by atoms with Crippen molar-refractivity contribution in [3.63, 3.8) is 0 Å². The first-order valence-electron chi connectivity index (χ1n) is 6.37. The third kappa shape index (κ3) is 3.66. The van der Waals surface area contributed by atoms with E-state index >= 15 is 0 Å². The van der Waals surface area contributed by atoms with Gasteiger partial charge in [-0.05, 0) is 13.3 Å². The Kier molecular flexibility index (Phi) is 5.88. The summed E-state index contributed by atoms with van der Waals surface area (Å²) in [4.78, 5) is 14.1. The lowest BCUT2D eigenvalue weighted by atomic mass is 10.0. The van der Waals surface area contributed by atoms with Crippen LogP contribution < -0.4 is 5.73 Å². The lowest BCUT2D eigenvalue weighted by Gasteiger charge is -2.39. The van der Waals surface area contributed by atoms with Crippen LogP contribution in [0.15, 0.2) is 0 Å². The first-order chi connectivity index (χ1) is 8.13. The normalized spacial score (nSPS) is 26.9. The van der Waals surface area contributed by atoms with E-state index in [4.69, 9.17) is 15.6 Å². The third-order valence-corrected chi connectivity index (χ3v) is 3.26. The smallest absolute Gasteiger partial charge is 0.227 e. The molecule has 5 heteroatoms. The molecule has 100 valence electrons. The number of amides is 1. The van der Waals surface area contributed by atoms with Gasteiger partial charge in [-0.3, -0.25) is 4.79 Å². The van der Waals surface area contributed by atoms with Crippen LogP contribution in [0.2, 0.25) is 0 Å². The van der Waals surface area contributed by atoms with Crippen molar-refractivity contribution in [2.75, 3.05) is 26.3 Å². The van der Waals surface area contributed by atoms with Gasteiger partial charge in [-0.2, -0.15) is 0 Å². The number of hydrogen-bond donors (Lipinski definition) is 2. The minimum atomic E-state index is -0.254. The van der Waals surface area contributed by atoms with Gasteiger partial charge in [0.2, 0.25) is 5.91 Å². The van der Waals surface area contributed by atoms with E-state index in [1.807, 2.05) is 6.92 Å². The Hall–Kier alpha value is -0.650. The predicted octanol–water partition coefficient (Wildman–Crippen LogP) is -0.0304. The molecule has 1 rings (SSSR count). The van der Waals surface area contributed by atoms with Crippen LogP contribution in [0.4, 0.5) is 0 Å². The summed E-state index contributed by atoms with van der Waals surface area (Å²) < 4.78 is 5.42. The zero-order valence-corrected chi connectivity index (χ0v) is 10.8. The van der Waals surface area contributed by atoms with Crippen molar-refractivity contribution in [3.8, 4) is 0 Å². The summed E-state index contributed by atoms with van der Waals surface area (Å²) in [6, 6.07) is 0.0659. The van der Waals surface area contributed by atoms with Gasteiger partial charge in [0.1, 0.15) is 0 Å². The summed E-state index contributed by atoms with van der Waals surface area (Å²) in [5.74, 6) is 0.00323. The Balaban J connectivity index is 2.64. The first kappa shape index (κ1) is 14.4. The van der Waals surface area contributed by atoms with Gasteiger partial charge in [0.25, 0.3) is 0 Å². The second kappa shape index (κ2) is 6.93. The Morgan fingerprint density at radius 1 is 1.65 bits per heavy atom. The number of hydrogen-bond acceptors (Lipinski definition) is 4. The molecule has 0 radical (unpaired) electrons. The van der Waals surface area contributed by atoms with Gasteiger partial charge in [-0.1, -0.05) is 13.3 Å². The van der Waals surface area contributed by atoms with E-state index in [2.05, 4.69) is 6.92 Å². The van der Waals surface area contributed by atoms with Gasteiger partial charge >= 0.3 is 0 Å². The highest BCUT2D eigenvalue weighted by Crippen LogP contribution is 2.17. The first-order valence-corrected chi connectivity index (χ1v) is 6.37. The van der Waals surface area contributed by atoms with E-state index in [9.17, 15) is 4.79 Å². The average molecular weight is 244 g/mol. The number of ether oxygens (including phenoxy) is 1.